The highest BCUT2D eigenvalue weighted by Gasteiger charge is 2.24. The predicted molar refractivity (Wildman–Crippen MR) is 273 cm³/mol. The van der Waals surface area contributed by atoms with Gasteiger partial charge in [0.25, 0.3) is 0 Å². The fraction of sp³-hybridized carbons (Fsp3) is 0.825. The zero-order valence-electron chi connectivity index (χ0n) is 42.0. The van der Waals surface area contributed by atoms with Crippen LogP contribution in [0.4, 0.5) is 0 Å². The Morgan fingerprint density at radius 2 is 0.841 bits per heavy atom. The van der Waals surface area contributed by atoms with Gasteiger partial charge in [0.1, 0.15) is 6.10 Å². The van der Waals surface area contributed by atoms with Crippen LogP contribution in [0.3, 0.4) is 0 Å². The van der Waals surface area contributed by atoms with E-state index in [0.717, 1.165) is 77.0 Å². The van der Waals surface area contributed by atoms with Crippen molar-refractivity contribution in [2.75, 3.05) is 6.61 Å². The molecule has 0 saturated heterocycles. The summed E-state index contributed by atoms with van der Waals surface area (Å²) in [6, 6.07) is -0.714. The molecule has 3 unspecified atom stereocenters. The topological polar surface area (TPSA) is 95.9 Å². The Hall–Kier alpha value is -2.18. The summed E-state index contributed by atoms with van der Waals surface area (Å²) in [7, 11) is 0. The Kier molecular flexibility index (Phi) is 49.1. The van der Waals surface area contributed by atoms with Crippen molar-refractivity contribution < 1.29 is 24.5 Å². The molecule has 0 bridgehead atoms. The number of rotatable bonds is 49. The van der Waals surface area contributed by atoms with Crippen LogP contribution in [-0.4, -0.2) is 46.9 Å². The number of aliphatic hydroxyl groups excluding tert-OH is 2. The van der Waals surface area contributed by atoms with Crippen LogP contribution in [0.25, 0.3) is 0 Å². The first kappa shape index (κ1) is 60.8. The number of ether oxygens (including phenoxy) is 1. The number of esters is 1. The molecule has 0 radical (unpaired) electrons. The molecule has 0 saturated carbocycles. The molecular formula is C57H105NO5. The van der Waals surface area contributed by atoms with Crippen LogP contribution in [0.2, 0.25) is 0 Å². The molecular weight excluding hydrogens is 779 g/mol. The van der Waals surface area contributed by atoms with Gasteiger partial charge in [0, 0.05) is 6.42 Å². The molecule has 3 atom stereocenters. The maximum Gasteiger partial charge on any atom is 0.306 e. The molecule has 0 aliphatic carbocycles. The quantitative estimate of drug-likeness (QED) is 0.0245. The maximum atomic E-state index is 13.2. The minimum Gasteiger partial charge on any atom is -0.462 e. The molecule has 368 valence electrons. The third-order valence-corrected chi connectivity index (χ3v) is 12.4. The summed E-state index contributed by atoms with van der Waals surface area (Å²) in [6.07, 6.45) is 61.7. The van der Waals surface area contributed by atoms with Gasteiger partial charge in [-0.05, 0) is 70.6 Å². The number of carbonyl (C=O) groups excluding carboxylic acids is 2. The van der Waals surface area contributed by atoms with Crippen molar-refractivity contribution in [2.45, 2.75) is 296 Å². The minimum absolute atomic E-state index is 0.0491. The lowest BCUT2D eigenvalue weighted by Gasteiger charge is -2.24. The van der Waals surface area contributed by atoms with E-state index in [-0.39, 0.29) is 24.9 Å². The Morgan fingerprint density at radius 1 is 0.460 bits per heavy atom. The van der Waals surface area contributed by atoms with E-state index >= 15 is 0 Å². The van der Waals surface area contributed by atoms with E-state index in [1.807, 2.05) is 0 Å². The van der Waals surface area contributed by atoms with Crippen LogP contribution in [0.1, 0.15) is 278 Å². The highest BCUT2D eigenvalue weighted by atomic mass is 16.5. The summed E-state index contributed by atoms with van der Waals surface area (Å²) in [5, 5.41) is 23.8. The van der Waals surface area contributed by atoms with Crippen LogP contribution in [0, 0.1) is 0 Å². The molecule has 6 heteroatoms. The van der Waals surface area contributed by atoms with Gasteiger partial charge in [-0.15, -0.1) is 0 Å². The third-order valence-electron chi connectivity index (χ3n) is 12.4. The first-order valence-corrected chi connectivity index (χ1v) is 27.4. The zero-order valence-corrected chi connectivity index (χ0v) is 42.0. The normalized spacial score (nSPS) is 13.5. The van der Waals surface area contributed by atoms with Gasteiger partial charge in [-0.2, -0.15) is 0 Å². The zero-order chi connectivity index (χ0) is 45.9. The fourth-order valence-corrected chi connectivity index (χ4v) is 8.26. The van der Waals surface area contributed by atoms with Gasteiger partial charge < -0.3 is 20.3 Å². The van der Waals surface area contributed by atoms with Gasteiger partial charge in [-0.25, -0.2) is 0 Å². The number of aliphatic hydroxyl groups is 2. The van der Waals surface area contributed by atoms with Crippen molar-refractivity contribution in [1.82, 2.24) is 5.32 Å². The van der Waals surface area contributed by atoms with E-state index in [1.54, 1.807) is 0 Å². The lowest BCUT2D eigenvalue weighted by Crippen LogP contribution is -2.46. The molecule has 0 aliphatic rings. The van der Waals surface area contributed by atoms with E-state index in [2.05, 4.69) is 74.7 Å². The average molecular weight is 884 g/mol. The van der Waals surface area contributed by atoms with Crippen molar-refractivity contribution in [1.29, 1.82) is 0 Å². The number of unbranched alkanes of at least 4 members (excludes halogenated alkanes) is 31. The number of carbonyl (C=O) groups is 2. The molecule has 3 N–H and O–H groups in total. The lowest BCUT2D eigenvalue weighted by molar-refractivity contribution is -0.151. The van der Waals surface area contributed by atoms with E-state index in [0.29, 0.717) is 19.3 Å². The van der Waals surface area contributed by atoms with Crippen LogP contribution < -0.4 is 5.32 Å². The number of allylic oxidation sites excluding steroid dienone is 8. The predicted octanol–water partition coefficient (Wildman–Crippen LogP) is 16.6. The maximum absolute atomic E-state index is 13.2. The van der Waals surface area contributed by atoms with Crippen LogP contribution in [-0.2, 0) is 14.3 Å². The Labute approximate surface area is 391 Å². The molecule has 0 spiro atoms. The SMILES string of the molecule is CCCCCCC/C=C/C=C/C=C/CCCCCCCC(=O)OC(CCC/C=C\CCCCCCCC)CC(=O)NC(CO)C(O)CCCCCCCCCCCCCCCCC. The molecule has 1 amide bonds. The van der Waals surface area contributed by atoms with Crippen molar-refractivity contribution in [2.24, 2.45) is 0 Å². The van der Waals surface area contributed by atoms with Crippen molar-refractivity contribution >= 4 is 11.9 Å². The first-order chi connectivity index (χ1) is 31.0. The first-order valence-electron chi connectivity index (χ1n) is 27.4. The Bertz CT molecular complexity index is 1080. The summed E-state index contributed by atoms with van der Waals surface area (Å²) in [6.45, 7) is 6.46. The molecule has 0 fully saturated rings. The summed E-state index contributed by atoms with van der Waals surface area (Å²) >= 11 is 0. The summed E-state index contributed by atoms with van der Waals surface area (Å²) < 4.78 is 5.91. The number of amides is 1. The second-order valence-electron chi connectivity index (χ2n) is 18.7. The molecule has 0 aromatic heterocycles. The fourth-order valence-electron chi connectivity index (χ4n) is 8.26. The molecule has 0 rings (SSSR count). The van der Waals surface area contributed by atoms with Crippen LogP contribution >= 0.6 is 0 Å². The van der Waals surface area contributed by atoms with Crippen molar-refractivity contribution in [3.8, 4) is 0 Å². The van der Waals surface area contributed by atoms with Crippen LogP contribution in [0.15, 0.2) is 48.6 Å². The largest absolute Gasteiger partial charge is 0.462 e. The molecule has 0 aliphatic heterocycles. The van der Waals surface area contributed by atoms with E-state index in [1.165, 1.54) is 154 Å². The Balaban J connectivity index is 4.55. The summed E-state index contributed by atoms with van der Waals surface area (Å²) in [4.78, 5) is 26.2. The summed E-state index contributed by atoms with van der Waals surface area (Å²) in [5.41, 5.74) is 0. The van der Waals surface area contributed by atoms with Crippen molar-refractivity contribution in [3.05, 3.63) is 48.6 Å². The highest BCUT2D eigenvalue weighted by molar-refractivity contribution is 5.77. The van der Waals surface area contributed by atoms with E-state index < -0.39 is 18.2 Å². The molecule has 0 aromatic rings. The number of nitrogens with one attached hydrogen (secondary N) is 1. The van der Waals surface area contributed by atoms with Gasteiger partial charge in [0.15, 0.2) is 0 Å². The molecule has 6 nitrogen and oxygen atoms in total. The van der Waals surface area contributed by atoms with E-state index in [9.17, 15) is 19.8 Å². The smallest absolute Gasteiger partial charge is 0.306 e. The van der Waals surface area contributed by atoms with Gasteiger partial charge in [0.05, 0.1) is 25.2 Å². The monoisotopic (exact) mass is 884 g/mol. The molecule has 0 heterocycles. The second kappa shape index (κ2) is 50.8. The van der Waals surface area contributed by atoms with Gasteiger partial charge in [-0.3, -0.25) is 9.59 Å². The number of hydrogen-bond acceptors (Lipinski definition) is 5. The summed E-state index contributed by atoms with van der Waals surface area (Å²) in [5.74, 6) is -0.520. The highest BCUT2D eigenvalue weighted by Crippen LogP contribution is 2.17. The standard InChI is InChI=1S/C57H105NO5/c1-4-7-10-13-16-19-22-24-26-27-28-30-32-35-38-41-44-47-50-57(62)63-53(48-45-42-39-36-33-21-18-15-12-9-6-3)51-56(61)58-54(52-59)55(60)49-46-43-40-37-34-31-29-25-23-20-17-14-11-8-5-2/h22,24,26-28,30,36,39,53-55,59-60H,4-21,23,25,29,31-35,37-38,40-52H2,1-3H3,(H,58,61)/b24-22+,27-26+,30-28+,39-36-. The number of hydrogen-bond donors (Lipinski definition) is 3. The molecule has 63 heavy (non-hydrogen) atoms. The third kappa shape index (κ3) is 46.2. The lowest BCUT2D eigenvalue weighted by atomic mass is 10.0. The van der Waals surface area contributed by atoms with Crippen molar-refractivity contribution in [3.63, 3.8) is 0 Å². The minimum atomic E-state index is -0.798. The van der Waals surface area contributed by atoms with Gasteiger partial charge >= 0.3 is 5.97 Å². The van der Waals surface area contributed by atoms with E-state index in [4.69, 9.17) is 4.74 Å². The van der Waals surface area contributed by atoms with Gasteiger partial charge in [0.2, 0.25) is 5.91 Å². The van der Waals surface area contributed by atoms with Gasteiger partial charge in [-0.1, -0.05) is 243 Å². The molecule has 0 aromatic carbocycles. The Morgan fingerprint density at radius 3 is 1.29 bits per heavy atom. The average Bonchev–Trinajstić information content (AvgIpc) is 3.28. The van der Waals surface area contributed by atoms with Crippen LogP contribution in [0.5, 0.6) is 0 Å². The second-order valence-corrected chi connectivity index (χ2v) is 18.7.